The summed E-state index contributed by atoms with van der Waals surface area (Å²) >= 11 is 6.50. The number of benzene rings is 2. The summed E-state index contributed by atoms with van der Waals surface area (Å²) in [6.45, 7) is 12.3. The minimum absolute atomic E-state index is 0.129. The van der Waals surface area contributed by atoms with Crippen molar-refractivity contribution in [2.45, 2.75) is 87.5 Å². The van der Waals surface area contributed by atoms with Crippen LogP contribution in [0.4, 0.5) is 5.69 Å². The van der Waals surface area contributed by atoms with Crippen molar-refractivity contribution < 1.29 is 23.6 Å². The smallest absolute Gasteiger partial charge is 0.263 e. The number of hydrogen-bond acceptors (Lipinski definition) is 8. The van der Waals surface area contributed by atoms with Gasteiger partial charge in [-0.15, -0.1) is 0 Å². The number of aliphatic hydroxyl groups is 1. The van der Waals surface area contributed by atoms with E-state index in [1.165, 1.54) is 11.1 Å². The highest BCUT2D eigenvalue weighted by molar-refractivity contribution is 7.84. The second-order valence-electron chi connectivity index (χ2n) is 16.6. The first-order valence-electron chi connectivity index (χ1n) is 19.4. The predicted molar refractivity (Wildman–Crippen MR) is 202 cm³/mol. The SMILES string of the molecule is CC1CCC[C@@](O)(CN2CCN3CCOCC3C2)C2CCC2CN2C[C@@]3(CCCc4cc(Cl)ccc43)COc3ccc(cc32)C(=O)NS(=O)C1C. The molecule has 11 heteroatoms. The van der Waals surface area contributed by atoms with Crippen molar-refractivity contribution in [1.82, 2.24) is 14.5 Å². The number of β-amino-alcohol motifs (C(OH)–C–C–N with tert-alkyl or cyclic N) is 1. The third kappa shape index (κ3) is 7.10. The quantitative estimate of drug-likeness (QED) is 0.435. The van der Waals surface area contributed by atoms with Crippen LogP contribution in [0.3, 0.4) is 0 Å². The van der Waals surface area contributed by atoms with E-state index >= 15 is 0 Å². The van der Waals surface area contributed by atoms with Crippen molar-refractivity contribution in [3.63, 3.8) is 0 Å². The Balaban J connectivity index is 1.14. The van der Waals surface area contributed by atoms with Crippen molar-refractivity contribution in [1.29, 1.82) is 0 Å². The Hall–Kier alpha value is -2.21. The molecule has 6 unspecified atom stereocenters. The maximum Gasteiger partial charge on any atom is 0.263 e. The fourth-order valence-electron chi connectivity index (χ4n) is 10.2. The Kier molecular flexibility index (Phi) is 10.2. The fraction of sp³-hybridized carbons (Fsp3) is 0.675. The van der Waals surface area contributed by atoms with E-state index in [0.29, 0.717) is 37.1 Å². The van der Waals surface area contributed by atoms with E-state index in [9.17, 15) is 14.1 Å². The van der Waals surface area contributed by atoms with E-state index in [1.54, 1.807) is 6.07 Å². The van der Waals surface area contributed by atoms with E-state index in [4.69, 9.17) is 21.1 Å². The summed E-state index contributed by atoms with van der Waals surface area (Å²) in [6.07, 6.45) is 7.56. The molecule has 2 aromatic rings. The summed E-state index contributed by atoms with van der Waals surface area (Å²) in [4.78, 5) is 21.1. The van der Waals surface area contributed by atoms with Crippen molar-refractivity contribution in [2.24, 2.45) is 17.8 Å². The van der Waals surface area contributed by atoms with Gasteiger partial charge in [-0.05, 0) is 111 Å². The van der Waals surface area contributed by atoms with Crippen molar-refractivity contribution >= 4 is 34.2 Å². The number of fused-ring (bicyclic) bond motifs is 5. The summed E-state index contributed by atoms with van der Waals surface area (Å²) in [5, 5.41) is 13.5. The lowest BCUT2D eigenvalue weighted by Crippen LogP contribution is -2.62. The molecule has 9 nitrogen and oxygen atoms in total. The summed E-state index contributed by atoms with van der Waals surface area (Å²) in [5.74, 6) is 1.05. The maximum absolute atomic E-state index is 13.6. The van der Waals surface area contributed by atoms with Crippen LogP contribution in [0.5, 0.6) is 5.75 Å². The van der Waals surface area contributed by atoms with Crippen LogP contribution in [-0.2, 0) is 27.6 Å². The molecular weight excluding hydrogens is 684 g/mol. The van der Waals surface area contributed by atoms with Gasteiger partial charge in [-0.3, -0.25) is 19.3 Å². The van der Waals surface area contributed by atoms with Gasteiger partial charge >= 0.3 is 0 Å². The minimum atomic E-state index is -1.54. The van der Waals surface area contributed by atoms with Gasteiger partial charge in [-0.25, -0.2) is 4.21 Å². The Bertz CT molecular complexity index is 1650. The van der Waals surface area contributed by atoms with Crippen LogP contribution in [0, 0.1) is 17.8 Å². The Labute approximate surface area is 310 Å². The largest absolute Gasteiger partial charge is 0.490 e. The van der Waals surface area contributed by atoms with Gasteiger partial charge in [0.2, 0.25) is 0 Å². The number of rotatable bonds is 2. The van der Waals surface area contributed by atoms with Gasteiger partial charge in [0.05, 0.1) is 36.4 Å². The lowest BCUT2D eigenvalue weighted by molar-refractivity contribution is -0.120. The number of nitrogens with one attached hydrogen (secondary N) is 1. The number of carbonyl (C=O) groups excluding carboxylic acids is 1. The highest BCUT2D eigenvalue weighted by Crippen LogP contribution is 2.49. The van der Waals surface area contributed by atoms with Gasteiger partial charge in [0, 0.05) is 67.9 Å². The zero-order valence-electron chi connectivity index (χ0n) is 30.3. The molecule has 2 aromatic carbocycles. The van der Waals surface area contributed by atoms with E-state index in [2.05, 4.69) is 38.5 Å². The van der Waals surface area contributed by atoms with Gasteiger partial charge in [-0.2, -0.15) is 0 Å². The molecule has 1 spiro atoms. The van der Waals surface area contributed by atoms with E-state index < -0.39 is 16.6 Å². The van der Waals surface area contributed by atoms with Gasteiger partial charge < -0.3 is 19.5 Å². The molecule has 278 valence electrons. The third-order valence-electron chi connectivity index (χ3n) is 13.5. The summed E-state index contributed by atoms with van der Waals surface area (Å²) in [6, 6.07) is 12.4. The number of amides is 1. The van der Waals surface area contributed by atoms with Crippen LogP contribution < -0.4 is 14.4 Å². The minimum Gasteiger partial charge on any atom is -0.490 e. The Morgan fingerprint density at radius 2 is 1.92 bits per heavy atom. The van der Waals surface area contributed by atoms with E-state index in [1.807, 2.05) is 25.1 Å². The fourth-order valence-corrected chi connectivity index (χ4v) is 11.4. The van der Waals surface area contributed by atoms with Crippen LogP contribution in [0.1, 0.15) is 80.3 Å². The second kappa shape index (κ2) is 14.6. The zero-order chi connectivity index (χ0) is 35.3. The molecule has 1 saturated carbocycles. The van der Waals surface area contributed by atoms with E-state index in [0.717, 1.165) is 114 Å². The first kappa shape index (κ1) is 35.8. The molecule has 0 radical (unpaired) electrons. The average molecular weight is 739 g/mol. The molecule has 8 rings (SSSR count). The molecule has 8 atom stereocenters. The molecular formula is C40H55ClN4O5S. The summed E-state index contributed by atoms with van der Waals surface area (Å²) in [5.41, 5.74) is 2.94. The molecule has 2 N–H and O–H groups in total. The molecule has 51 heavy (non-hydrogen) atoms. The standard InChI is InChI=1S/C40H55ClN4O5S/c1-27-5-3-14-40(47,25-43-15-16-44-17-18-49-23-33(44)22-43)35-10-7-31(35)21-45-24-39(13-4-6-29-19-32(41)9-11-34(29)39)26-50-37-12-8-30(20-36(37)45)38(46)42-51(48)28(27)2/h8-9,11-12,19-20,27-28,31,33,35,47H,3-7,10,13-18,21-26H2,1-2H3,(H,42,46)/t27?,28?,31?,33?,35?,39-,40+,51?/m0/s1. The van der Waals surface area contributed by atoms with Crippen LogP contribution >= 0.6 is 11.6 Å². The third-order valence-corrected chi connectivity index (χ3v) is 15.2. The molecule has 4 heterocycles. The predicted octanol–water partition coefficient (Wildman–Crippen LogP) is 5.19. The molecule has 2 saturated heterocycles. The monoisotopic (exact) mass is 738 g/mol. The van der Waals surface area contributed by atoms with E-state index in [-0.39, 0.29) is 28.4 Å². The zero-order valence-corrected chi connectivity index (χ0v) is 31.9. The highest BCUT2D eigenvalue weighted by Gasteiger charge is 2.50. The molecule has 2 bridgehead atoms. The molecule has 3 fully saturated rings. The number of ether oxygens (including phenoxy) is 2. The summed E-state index contributed by atoms with van der Waals surface area (Å²) in [7, 11) is -1.54. The number of hydrogen-bond donors (Lipinski definition) is 2. The number of halogens is 1. The number of morpholine rings is 1. The number of piperazine rings is 1. The van der Waals surface area contributed by atoms with Crippen LogP contribution in [0.2, 0.25) is 5.02 Å². The summed E-state index contributed by atoms with van der Waals surface area (Å²) < 4.78 is 28.9. The number of aryl methyl sites for hydroxylation is 1. The average Bonchev–Trinajstić information content (AvgIpc) is 3.25. The van der Waals surface area contributed by atoms with Crippen molar-refractivity contribution in [3.8, 4) is 5.75 Å². The highest BCUT2D eigenvalue weighted by atomic mass is 35.5. The molecule has 2 aliphatic carbocycles. The normalized spacial score (nSPS) is 36.5. The van der Waals surface area contributed by atoms with Crippen LogP contribution in [0.15, 0.2) is 36.4 Å². The lowest BCUT2D eigenvalue weighted by Gasteiger charge is -2.53. The maximum atomic E-state index is 13.6. The molecule has 1 amide bonds. The number of anilines is 1. The van der Waals surface area contributed by atoms with Crippen molar-refractivity contribution in [2.75, 3.05) is 70.5 Å². The van der Waals surface area contributed by atoms with Crippen LogP contribution in [-0.4, -0.2) is 108 Å². The number of nitrogens with zero attached hydrogens (tertiary/aromatic N) is 3. The topological polar surface area (TPSA) is 94.6 Å². The van der Waals surface area contributed by atoms with Gasteiger partial charge in [0.1, 0.15) is 16.7 Å². The molecule has 0 aromatic heterocycles. The van der Waals surface area contributed by atoms with Crippen molar-refractivity contribution in [3.05, 3.63) is 58.1 Å². The van der Waals surface area contributed by atoms with Gasteiger partial charge in [0.15, 0.2) is 0 Å². The Morgan fingerprint density at radius 1 is 1.04 bits per heavy atom. The first-order valence-corrected chi connectivity index (χ1v) is 21.0. The number of carbonyl (C=O) groups is 1. The Morgan fingerprint density at radius 3 is 2.76 bits per heavy atom. The van der Waals surface area contributed by atoms with Gasteiger partial charge in [-0.1, -0.05) is 31.0 Å². The lowest BCUT2D eigenvalue weighted by atomic mass is 9.62. The van der Waals surface area contributed by atoms with Gasteiger partial charge in [0.25, 0.3) is 5.91 Å². The molecule has 4 aliphatic heterocycles. The second-order valence-corrected chi connectivity index (χ2v) is 18.6. The van der Waals surface area contributed by atoms with Crippen LogP contribution in [0.25, 0.3) is 0 Å². The first-order chi connectivity index (χ1) is 24.6. The molecule has 6 aliphatic rings.